The van der Waals surface area contributed by atoms with Crippen molar-refractivity contribution in [2.45, 2.75) is 0 Å². The summed E-state index contributed by atoms with van der Waals surface area (Å²) in [6, 6.07) is 51.3. The average Bonchev–Trinajstić information content (AvgIpc) is 3.39. The van der Waals surface area contributed by atoms with E-state index in [2.05, 4.69) is 150 Å². The van der Waals surface area contributed by atoms with E-state index in [1.54, 1.807) is 0 Å². The maximum absolute atomic E-state index is 5.30. The minimum Gasteiger partial charge on any atom is -0.231 e. The Kier molecular flexibility index (Phi) is 5.15. The predicted molar refractivity (Wildman–Crippen MR) is 154 cm³/mol. The van der Waals surface area contributed by atoms with Crippen LogP contribution in [0.4, 0.5) is 0 Å². The van der Waals surface area contributed by atoms with Crippen molar-refractivity contribution >= 4 is 16.3 Å². The van der Waals surface area contributed by atoms with E-state index in [1.807, 2.05) is 0 Å². The molecule has 174 valence electrons. The largest absolute Gasteiger partial charge is 0.231 e. The van der Waals surface area contributed by atoms with Gasteiger partial charge >= 0.3 is 0 Å². The fraction of sp³-hybridized carbons (Fsp3) is 0. The molecular formula is C35H24N2. The molecule has 0 fully saturated rings. The Morgan fingerprint density at radius 2 is 1.00 bits per heavy atom. The van der Waals surface area contributed by atoms with Gasteiger partial charge in [0.2, 0.25) is 0 Å². The van der Waals surface area contributed by atoms with Gasteiger partial charge in [-0.2, -0.15) is 5.10 Å². The van der Waals surface area contributed by atoms with Gasteiger partial charge in [-0.15, -0.1) is 0 Å². The molecule has 0 unspecified atom stereocenters. The van der Waals surface area contributed by atoms with Crippen LogP contribution in [0.5, 0.6) is 0 Å². The normalized spacial score (nSPS) is 11.2. The van der Waals surface area contributed by atoms with Crippen LogP contribution in [0.25, 0.3) is 61.1 Å². The highest BCUT2D eigenvalue weighted by Crippen LogP contribution is 2.41. The van der Waals surface area contributed by atoms with Crippen molar-refractivity contribution in [2.75, 3.05) is 0 Å². The van der Waals surface area contributed by atoms with Crippen molar-refractivity contribution in [3.8, 4) is 44.8 Å². The highest BCUT2D eigenvalue weighted by Gasteiger charge is 2.21. The van der Waals surface area contributed by atoms with Gasteiger partial charge in [-0.1, -0.05) is 133 Å². The Morgan fingerprint density at radius 1 is 0.432 bits per heavy atom. The summed E-state index contributed by atoms with van der Waals surface area (Å²) >= 11 is 0. The minimum absolute atomic E-state index is 0.986. The summed E-state index contributed by atoms with van der Waals surface area (Å²) in [6.07, 6.45) is 0. The van der Waals surface area contributed by atoms with Crippen LogP contribution >= 0.6 is 0 Å². The first kappa shape index (κ1) is 21.3. The SMILES string of the molecule is c1ccc(-c2cccc(-c3c(-c4ccccc4)nn4c(-c5ccccc5)cc5ccccc5c34)c2)cc1. The number of hydrogen-bond donors (Lipinski definition) is 0. The molecule has 7 rings (SSSR count). The van der Waals surface area contributed by atoms with Crippen molar-refractivity contribution in [3.63, 3.8) is 0 Å². The van der Waals surface area contributed by atoms with Gasteiger partial charge in [0.25, 0.3) is 0 Å². The Bertz CT molecular complexity index is 1850. The number of nitrogens with zero attached hydrogens (tertiary/aromatic N) is 2. The molecule has 2 heteroatoms. The number of pyridine rings is 1. The third-order valence-corrected chi connectivity index (χ3v) is 7.00. The lowest BCUT2D eigenvalue weighted by Crippen LogP contribution is -1.95. The van der Waals surface area contributed by atoms with Gasteiger partial charge in [-0.3, -0.25) is 0 Å². The van der Waals surface area contributed by atoms with Crippen LogP contribution in [0, 0.1) is 0 Å². The van der Waals surface area contributed by atoms with E-state index < -0.39 is 0 Å². The average molecular weight is 473 g/mol. The molecule has 0 N–H and O–H groups in total. The van der Waals surface area contributed by atoms with Gasteiger partial charge in [-0.05, 0) is 34.2 Å². The molecule has 0 radical (unpaired) electrons. The van der Waals surface area contributed by atoms with Crippen molar-refractivity contribution in [1.29, 1.82) is 0 Å². The van der Waals surface area contributed by atoms with Crippen molar-refractivity contribution < 1.29 is 0 Å². The van der Waals surface area contributed by atoms with Gasteiger partial charge in [-0.25, -0.2) is 4.52 Å². The highest BCUT2D eigenvalue weighted by atomic mass is 15.2. The fourth-order valence-corrected chi connectivity index (χ4v) is 5.26. The van der Waals surface area contributed by atoms with E-state index in [-0.39, 0.29) is 0 Å². The summed E-state index contributed by atoms with van der Waals surface area (Å²) in [6.45, 7) is 0. The zero-order valence-corrected chi connectivity index (χ0v) is 20.3. The fourth-order valence-electron chi connectivity index (χ4n) is 5.26. The number of aromatic nitrogens is 2. The van der Waals surface area contributed by atoms with Crippen LogP contribution in [0.3, 0.4) is 0 Å². The van der Waals surface area contributed by atoms with Crippen LogP contribution < -0.4 is 0 Å². The molecule has 0 aliphatic heterocycles. The molecule has 2 heterocycles. The standard InChI is InChI=1S/C35H24N2/c1-4-13-25(14-5-1)28-20-12-21-30(23-28)33-34(27-17-8-3-9-18-27)36-37-32(26-15-6-2-7-16-26)24-29-19-10-11-22-31(29)35(33)37/h1-24H. The first-order valence-electron chi connectivity index (χ1n) is 12.6. The number of rotatable bonds is 4. The van der Waals surface area contributed by atoms with Crippen LogP contribution in [0.1, 0.15) is 0 Å². The number of benzene rings is 5. The molecule has 0 aliphatic carbocycles. The second-order valence-electron chi connectivity index (χ2n) is 9.28. The van der Waals surface area contributed by atoms with Gasteiger partial charge < -0.3 is 0 Å². The second kappa shape index (κ2) is 8.92. The molecule has 0 saturated heterocycles. The summed E-state index contributed by atoms with van der Waals surface area (Å²) in [5.74, 6) is 0. The third kappa shape index (κ3) is 3.71. The molecule has 2 aromatic heterocycles. The maximum Gasteiger partial charge on any atom is 0.101 e. The van der Waals surface area contributed by atoms with Gasteiger partial charge in [0.05, 0.1) is 11.2 Å². The summed E-state index contributed by atoms with van der Waals surface area (Å²) in [4.78, 5) is 0. The first-order chi connectivity index (χ1) is 18.4. The molecule has 0 bridgehead atoms. The third-order valence-electron chi connectivity index (χ3n) is 7.00. The van der Waals surface area contributed by atoms with Crippen LogP contribution in [0.15, 0.2) is 146 Å². The number of hydrogen-bond acceptors (Lipinski definition) is 1. The van der Waals surface area contributed by atoms with Crippen molar-refractivity contribution in [1.82, 2.24) is 9.61 Å². The molecule has 0 aliphatic rings. The quantitative estimate of drug-likeness (QED) is 0.250. The minimum atomic E-state index is 0.986. The van der Waals surface area contributed by atoms with Gasteiger partial charge in [0.15, 0.2) is 0 Å². The molecule has 7 aromatic rings. The van der Waals surface area contributed by atoms with Crippen molar-refractivity contribution in [3.05, 3.63) is 146 Å². The predicted octanol–water partition coefficient (Wildman–Crippen LogP) is 9.16. The maximum atomic E-state index is 5.30. The van der Waals surface area contributed by atoms with Crippen molar-refractivity contribution in [2.24, 2.45) is 0 Å². The Morgan fingerprint density at radius 3 is 1.73 bits per heavy atom. The highest BCUT2D eigenvalue weighted by molar-refractivity contribution is 6.08. The van der Waals surface area contributed by atoms with E-state index in [9.17, 15) is 0 Å². The second-order valence-corrected chi connectivity index (χ2v) is 9.28. The molecular weight excluding hydrogens is 448 g/mol. The molecule has 0 spiro atoms. The Labute approximate surface area is 216 Å². The molecule has 5 aromatic carbocycles. The summed E-state index contributed by atoms with van der Waals surface area (Å²) in [5, 5.41) is 7.70. The smallest absolute Gasteiger partial charge is 0.101 e. The van der Waals surface area contributed by atoms with E-state index in [1.165, 1.54) is 21.9 Å². The van der Waals surface area contributed by atoms with Crippen LogP contribution in [0.2, 0.25) is 0 Å². The summed E-state index contributed by atoms with van der Waals surface area (Å²) in [7, 11) is 0. The number of fused-ring (bicyclic) bond motifs is 3. The monoisotopic (exact) mass is 472 g/mol. The molecule has 2 nitrogen and oxygen atoms in total. The summed E-state index contributed by atoms with van der Waals surface area (Å²) < 4.78 is 2.14. The Hall–Kier alpha value is -4.95. The zero-order valence-electron chi connectivity index (χ0n) is 20.3. The van der Waals surface area contributed by atoms with Gasteiger partial charge in [0, 0.05) is 22.1 Å². The molecule has 0 amide bonds. The van der Waals surface area contributed by atoms with Crippen LogP contribution in [-0.4, -0.2) is 9.61 Å². The molecule has 0 atom stereocenters. The molecule has 37 heavy (non-hydrogen) atoms. The van der Waals surface area contributed by atoms with Gasteiger partial charge in [0.1, 0.15) is 5.69 Å². The van der Waals surface area contributed by atoms with E-state index >= 15 is 0 Å². The van der Waals surface area contributed by atoms with E-state index in [0.29, 0.717) is 0 Å². The lowest BCUT2D eigenvalue weighted by Gasteiger charge is -2.11. The van der Waals surface area contributed by atoms with E-state index in [4.69, 9.17) is 5.10 Å². The lowest BCUT2D eigenvalue weighted by atomic mass is 9.94. The first-order valence-corrected chi connectivity index (χ1v) is 12.6. The topological polar surface area (TPSA) is 17.3 Å². The molecule has 0 saturated carbocycles. The van der Waals surface area contributed by atoms with E-state index in [0.717, 1.165) is 39.2 Å². The lowest BCUT2D eigenvalue weighted by molar-refractivity contribution is 0.979. The van der Waals surface area contributed by atoms with Crippen LogP contribution in [-0.2, 0) is 0 Å². The Balaban J connectivity index is 1.61. The zero-order chi connectivity index (χ0) is 24.6. The summed E-state index contributed by atoms with van der Waals surface area (Å²) in [5.41, 5.74) is 10.2.